The number of nitrogens with zero attached hydrogens (tertiary/aromatic N) is 3. The molecular weight excluding hydrogens is 274 g/mol. The minimum absolute atomic E-state index is 0.641. The van der Waals surface area contributed by atoms with Crippen LogP contribution in [0.2, 0.25) is 0 Å². The van der Waals surface area contributed by atoms with E-state index in [9.17, 15) is 0 Å². The number of rotatable bonds is 6. The van der Waals surface area contributed by atoms with E-state index in [1.165, 1.54) is 52.0 Å². The van der Waals surface area contributed by atoms with Gasteiger partial charge in [-0.2, -0.15) is 0 Å². The summed E-state index contributed by atoms with van der Waals surface area (Å²) in [5, 5.41) is 0. The van der Waals surface area contributed by atoms with Crippen molar-refractivity contribution in [2.75, 3.05) is 59.5 Å². The molecule has 2 heterocycles. The van der Waals surface area contributed by atoms with Gasteiger partial charge in [-0.25, -0.2) is 0 Å². The fourth-order valence-electron chi connectivity index (χ4n) is 3.88. The topological polar surface area (TPSA) is 19.0 Å². The van der Waals surface area contributed by atoms with Gasteiger partial charge in [0.1, 0.15) is 0 Å². The lowest BCUT2D eigenvalue weighted by atomic mass is 10.1. The zero-order valence-electron chi connectivity index (χ0n) is 15.3. The molecule has 0 bridgehead atoms. The van der Waals surface area contributed by atoms with Crippen LogP contribution in [0.15, 0.2) is 0 Å². The molecule has 2 rings (SSSR count). The third kappa shape index (κ3) is 5.48. The van der Waals surface area contributed by atoms with Gasteiger partial charge in [-0.3, -0.25) is 4.90 Å². The Balaban J connectivity index is 1.78. The summed E-state index contributed by atoms with van der Waals surface area (Å²) in [6, 6.07) is 1.39. The van der Waals surface area contributed by atoms with Crippen molar-refractivity contribution in [3.63, 3.8) is 0 Å². The highest BCUT2D eigenvalue weighted by atomic mass is 16.5. The number of hydrogen-bond acceptors (Lipinski definition) is 4. The summed E-state index contributed by atoms with van der Waals surface area (Å²) >= 11 is 0. The minimum atomic E-state index is 0.641. The molecule has 2 aliphatic rings. The maximum atomic E-state index is 5.63. The van der Waals surface area contributed by atoms with Crippen LogP contribution in [0.25, 0.3) is 0 Å². The van der Waals surface area contributed by atoms with Gasteiger partial charge in [0.2, 0.25) is 0 Å². The van der Waals surface area contributed by atoms with Crippen molar-refractivity contribution >= 4 is 0 Å². The summed E-state index contributed by atoms with van der Waals surface area (Å²) in [6.07, 6.45) is 3.84. The molecule has 0 N–H and O–H groups in total. The Morgan fingerprint density at radius 1 is 1.09 bits per heavy atom. The summed E-state index contributed by atoms with van der Waals surface area (Å²) in [7, 11) is 2.32. The highest BCUT2D eigenvalue weighted by Crippen LogP contribution is 2.17. The van der Waals surface area contributed by atoms with E-state index in [2.05, 4.69) is 42.5 Å². The first kappa shape index (κ1) is 18.2. The van der Waals surface area contributed by atoms with Gasteiger partial charge in [-0.05, 0) is 38.8 Å². The van der Waals surface area contributed by atoms with E-state index >= 15 is 0 Å². The van der Waals surface area contributed by atoms with Gasteiger partial charge in [0.05, 0.1) is 13.2 Å². The zero-order valence-corrected chi connectivity index (χ0v) is 15.3. The van der Waals surface area contributed by atoms with Crippen LogP contribution in [-0.4, -0.2) is 86.3 Å². The molecule has 0 amide bonds. The Morgan fingerprint density at radius 2 is 1.91 bits per heavy atom. The monoisotopic (exact) mass is 311 g/mol. The van der Waals surface area contributed by atoms with E-state index in [1.807, 2.05) is 0 Å². The molecule has 130 valence electrons. The van der Waals surface area contributed by atoms with Crippen LogP contribution in [-0.2, 0) is 4.74 Å². The first-order valence-electron chi connectivity index (χ1n) is 9.34. The Kier molecular flexibility index (Phi) is 7.61. The van der Waals surface area contributed by atoms with E-state index in [0.717, 1.165) is 31.7 Å². The molecule has 22 heavy (non-hydrogen) atoms. The second kappa shape index (κ2) is 9.21. The lowest BCUT2D eigenvalue weighted by Gasteiger charge is -2.36. The number of likely N-dealkylation sites (N-methyl/N-ethyl adjacent to an activating group) is 1. The van der Waals surface area contributed by atoms with Crippen molar-refractivity contribution in [2.24, 2.45) is 5.92 Å². The molecule has 2 fully saturated rings. The van der Waals surface area contributed by atoms with Crippen LogP contribution in [0, 0.1) is 5.92 Å². The highest BCUT2D eigenvalue weighted by Gasteiger charge is 2.25. The smallest absolute Gasteiger partial charge is 0.0622 e. The van der Waals surface area contributed by atoms with Crippen molar-refractivity contribution in [1.82, 2.24) is 14.7 Å². The third-order valence-electron chi connectivity index (χ3n) is 5.36. The van der Waals surface area contributed by atoms with E-state index < -0.39 is 0 Å². The third-order valence-corrected chi connectivity index (χ3v) is 5.36. The molecule has 2 aliphatic heterocycles. The predicted octanol–water partition coefficient (Wildman–Crippen LogP) is 2.15. The van der Waals surface area contributed by atoms with Crippen molar-refractivity contribution < 1.29 is 4.74 Å². The number of morpholine rings is 1. The van der Waals surface area contributed by atoms with Crippen molar-refractivity contribution in [3.05, 3.63) is 0 Å². The van der Waals surface area contributed by atoms with Gasteiger partial charge in [0, 0.05) is 44.8 Å². The molecule has 0 aromatic heterocycles. The molecule has 4 nitrogen and oxygen atoms in total. The molecule has 1 unspecified atom stereocenters. The molecule has 0 spiro atoms. The first-order valence-corrected chi connectivity index (χ1v) is 9.34. The summed E-state index contributed by atoms with van der Waals surface area (Å²) in [6.45, 7) is 16.1. The fraction of sp³-hybridized carbons (Fsp3) is 1.00. The normalized spacial score (nSPS) is 29.9. The van der Waals surface area contributed by atoms with Crippen LogP contribution in [0.4, 0.5) is 0 Å². The van der Waals surface area contributed by atoms with Crippen LogP contribution >= 0.6 is 0 Å². The summed E-state index contributed by atoms with van der Waals surface area (Å²) in [4.78, 5) is 7.92. The predicted molar refractivity (Wildman–Crippen MR) is 93.4 cm³/mol. The fourth-order valence-corrected chi connectivity index (χ4v) is 3.88. The second-order valence-corrected chi connectivity index (χ2v) is 7.58. The molecule has 0 saturated carbocycles. The molecular formula is C18H37N3O. The molecule has 0 aromatic rings. The highest BCUT2D eigenvalue weighted by molar-refractivity contribution is 4.81. The van der Waals surface area contributed by atoms with Gasteiger partial charge < -0.3 is 14.5 Å². The van der Waals surface area contributed by atoms with Gasteiger partial charge >= 0.3 is 0 Å². The SMILES string of the molecule is CC[C@H]1COCCN1CCC1CCN(CC(C)C)CCN1C. The van der Waals surface area contributed by atoms with Crippen molar-refractivity contribution in [2.45, 2.75) is 52.1 Å². The van der Waals surface area contributed by atoms with Crippen LogP contribution in [0.1, 0.15) is 40.0 Å². The van der Waals surface area contributed by atoms with Crippen LogP contribution < -0.4 is 0 Å². The van der Waals surface area contributed by atoms with E-state index in [1.54, 1.807) is 0 Å². The average Bonchev–Trinajstić information content (AvgIpc) is 2.67. The van der Waals surface area contributed by atoms with E-state index in [4.69, 9.17) is 4.74 Å². The largest absolute Gasteiger partial charge is 0.378 e. The van der Waals surface area contributed by atoms with Gasteiger partial charge in [-0.1, -0.05) is 20.8 Å². The maximum absolute atomic E-state index is 5.63. The van der Waals surface area contributed by atoms with Crippen molar-refractivity contribution in [3.8, 4) is 0 Å². The van der Waals surface area contributed by atoms with Gasteiger partial charge in [-0.15, -0.1) is 0 Å². The second-order valence-electron chi connectivity index (χ2n) is 7.58. The summed E-state index contributed by atoms with van der Waals surface area (Å²) in [5.41, 5.74) is 0. The molecule has 0 aromatic carbocycles. The summed E-state index contributed by atoms with van der Waals surface area (Å²) in [5.74, 6) is 0.778. The zero-order chi connectivity index (χ0) is 15.9. The lowest BCUT2D eigenvalue weighted by molar-refractivity contribution is -0.0117. The van der Waals surface area contributed by atoms with Gasteiger partial charge in [0.25, 0.3) is 0 Å². The Hall–Kier alpha value is -0.160. The number of hydrogen-bond donors (Lipinski definition) is 0. The first-order chi connectivity index (χ1) is 10.6. The van der Waals surface area contributed by atoms with Crippen molar-refractivity contribution in [1.29, 1.82) is 0 Å². The lowest BCUT2D eigenvalue weighted by Crippen LogP contribution is -2.47. The average molecular weight is 312 g/mol. The van der Waals surface area contributed by atoms with Crippen LogP contribution in [0.5, 0.6) is 0 Å². The maximum Gasteiger partial charge on any atom is 0.0622 e. The molecule has 0 aliphatic carbocycles. The minimum Gasteiger partial charge on any atom is -0.378 e. The number of ether oxygens (including phenoxy) is 1. The van der Waals surface area contributed by atoms with Crippen LogP contribution in [0.3, 0.4) is 0 Å². The van der Waals surface area contributed by atoms with E-state index in [0.29, 0.717) is 6.04 Å². The Morgan fingerprint density at radius 3 is 2.64 bits per heavy atom. The molecule has 4 heteroatoms. The molecule has 2 atom stereocenters. The molecule has 0 radical (unpaired) electrons. The Bertz CT molecular complexity index is 311. The molecule has 2 saturated heterocycles. The Labute approximate surface area is 137 Å². The quantitative estimate of drug-likeness (QED) is 0.748. The van der Waals surface area contributed by atoms with E-state index in [-0.39, 0.29) is 0 Å². The standard InChI is InChI=1S/C18H37N3O/c1-5-17-15-22-13-12-21(17)9-7-18-6-8-20(14-16(2)3)11-10-19(18)4/h16-18H,5-15H2,1-4H3/t17-,18?/m0/s1. The van der Waals surface area contributed by atoms with Gasteiger partial charge in [0.15, 0.2) is 0 Å². The summed E-state index contributed by atoms with van der Waals surface area (Å²) < 4.78 is 5.63.